The summed E-state index contributed by atoms with van der Waals surface area (Å²) in [5.41, 5.74) is 5.40. The zero-order chi connectivity index (χ0) is 66.8. The summed E-state index contributed by atoms with van der Waals surface area (Å²) in [6, 6.07) is 144. The fourth-order valence-corrected chi connectivity index (χ4v) is 23.1. The minimum absolute atomic E-state index is 0.346. The van der Waals surface area contributed by atoms with Gasteiger partial charge < -0.3 is 0 Å². The molecule has 0 spiro atoms. The first-order valence-electron chi connectivity index (χ1n) is 32.0. The third kappa shape index (κ3) is 15.7. The first-order chi connectivity index (χ1) is 48.6. The topological polar surface area (TPSA) is 0 Å². The van der Waals surface area contributed by atoms with E-state index >= 15 is 0 Å². The summed E-state index contributed by atoms with van der Waals surface area (Å²) in [4.78, 5) is 0. The van der Waals surface area contributed by atoms with Crippen molar-refractivity contribution in [3.8, 4) is 22.3 Å². The Morgan fingerprint density at radius 2 is 0.286 bits per heavy atom. The molecular weight excluding hydrogens is 1520 g/mol. The third-order valence-corrected chi connectivity index (χ3v) is 27.1. The normalized spacial score (nSPS) is 11.2. The van der Waals surface area contributed by atoms with Crippen molar-refractivity contribution >= 4 is 177 Å². The second-order valence-corrected chi connectivity index (χ2v) is 36.9. The van der Waals surface area contributed by atoms with Gasteiger partial charge in [-0.15, -0.1) is 0 Å². The van der Waals surface area contributed by atoms with Gasteiger partial charge in [0.15, 0.2) is 0 Å². The van der Waals surface area contributed by atoms with Crippen molar-refractivity contribution < 1.29 is 30.3 Å². The molecule has 0 saturated heterocycles. The van der Waals surface area contributed by atoms with E-state index in [1.165, 1.54) is 129 Å². The molecule has 0 fully saturated rings. The molecule has 0 atom stereocenters. The van der Waals surface area contributed by atoms with Gasteiger partial charge >= 0.3 is 69.1 Å². The number of rotatable bonds is 14. The van der Waals surface area contributed by atoms with E-state index < -0.39 is 31.7 Å². The molecule has 0 aromatic heterocycles. The molecular formula is C88H64Cl4P4Ru2. The Bertz CT molecular complexity index is 4410. The molecule has 0 heterocycles. The van der Waals surface area contributed by atoms with Crippen LogP contribution in [0, 0.1) is 0 Å². The van der Waals surface area contributed by atoms with E-state index in [9.17, 15) is 0 Å². The van der Waals surface area contributed by atoms with Crippen molar-refractivity contribution in [3.05, 3.63) is 388 Å². The molecule has 0 nitrogen and oxygen atoms in total. The average Bonchev–Trinajstić information content (AvgIpc) is 0.740. The summed E-state index contributed by atoms with van der Waals surface area (Å²) >= 11 is -0.691. The SMILES string of the molecule is [Cl][Ru][Cl].[Cl][Ru][Cl].c1ccc(P(c2ccccc2)c2ccc3ccccc3c2-c2c(P(c3ccccc3)c3ccccc3)ccc3ccccc23)cc1.c1ccc(P(c2ccccc2)c2ccc3ccccc3c2-c2c(P(c3ccccc3)c3ccccc3)ccc3ccccc23)cc1. The molecule has 0 amide bonds. The van der Waals surface area contributed by atoms with Crippen LogP contribution in [0.25, 0.3) is 65.3 Å². The van der Waals surface area contributed by atoms with Gasteiger partial charge in [0.1, 0.15) is 0 Å². The first-order valence-corrected chi connectivity index (χ1v) is 46.3. The Morgan fingerprint density at radius 3 is 0.439 bits per heavy atom. The molecule has 10 heteroatoms. The molecule has 0 N–H and O–H groups in total. The number of benzene rings is 16. The number of fused-ring (bicyclic) bond motifs is 4. The smallest absolute Gasteiger partial charge is 0.000884 e. The van der Waals surface area contributed by atoms with Gasteiger partial charge in [-0.1, -0.05) is 388 Å². The van der Waals surface area contributed by atoms with Crippen molar-refractivity contribution in [2.24, 2.45) is 0 Å². The van der Waals surface area contributed by atoms with Gasteiger partial charge in [0, 0.05) is 0 Å². The molecule has 480 valence electrons. The molecule has 0 bridgehead atoms. The molecule has 0 radical (unpaired) electrons. The molecule has 0 unspecified atom stereocenters. The van der Waals surface area contributed by atoms with Crippen molar-refractivity contribution in [2.45, 2.75) is 0 Å². The summed E-state index contributed by atoms with van der Waals surface area (Å²) < 4.78 is 0. The van der Waals surface area contributed by atoms with Crippen LogP contribution in [0.5, 0.6) is 0 Å². The van der Waals surface area contributed by atoms with Crippen LogP contribution >= 0.6 is 70.5 Å². The summed E-state index contributed by atoms with van der Waals surface area (Å²) in [7, 11) is 16.0. The van der Waals surface area contributed by atoms with E-state index in [2.05, 4.69) is 388 Å². The molecule has 16 rings (SSSR count). The summed E-state index contributed by atoms with van der Waals surface area (Å²) in [5.74, 6) is 0. The predicted molar refractivity (Wildman–Crippen MR) is 432 cm³/mol. The number of hydrogen-bond donors (Lipinski definition) is 0. The van der Waals surface area contributed by atoms with Gasteiger partial charge in [-0.3, -0.25) is 0 Å². The average molecular weight is 1590 g/mol. The molecule has 0 aliphatic rings. The Hall–Kier alpha value is -7.31. The van der Waals surface area contributed by atoms with Crippen LogP contribution in [0.1, 0.15) is 0 Å². The Labute approximate surface area is 612 Å². The molecule has 0 aliphatic carbocycles. The first kappa shape index (κ1) is 69.2. The van der Waals surface area contributed by atoms with Gasteiger partial charge in [0.25, 0.3) is 0 Å². The molecule has 98 heavy (non-hydrogen) atoms. The van der Waals surface area contributed by atoms with Crippen LogP contribution in [-0.2, 0) is 30.3 Å². The molecule has 16 aromatic rings. The largest absolute Gasteiger partial charge is 0.0622 e. The zero-order valence-corrected chi connectivity index (χ0v) is 63.0. The Balaban J connectivity index is 0.000000163. The predicted octanol–water partition coefficient (Wildman–Crippen LogP) is 21.1. The number of hydrogen-bond acceptors (Lipinski definition) is 0. The van der Waals surface area contributed by atoms with Crippen molar-refractivity contribution in [2.75, 3.05) is 0 Å². The minimum atomic E-state index is -0.852. The van der Waals surface area contributed by atoms with Crippen molar-refractivity contribution in [3.63, 3.8) is 0 Å². The van der Waals surface area contributed by atoms with Crippen molar-refractivity contribution in [1.82, 2.24) is 0 Å². The molecule has 0 aliphatic heterocycles. The number of halogens is 4. The van der Waals surface area contributed by atoms with Crippen LogP contribution in [0.2, 0.25) is 0 Å². The van der Waals surface area contributed by atoms with Gasteiger partial charge in [-0.25, -0.2) is 0 Å². The standard InChI is InChI=1S/2C44H32P2.4ClH.2Ru/c2*1-5-19-35(20-6-1)45(36-21-7-2-8-22-36)41-31-29-33-17-13-15-27-39(33)43(41)44-40-28-16-14-18-34(40)30-32-42(44)46(37-23-9-3-10-24-37)38-25-11-4-12-26-38;;;;;;/h2*1-32H;4*1H;;/q;;;;;;2*+2/p-4. The van der Waals surface area contributed by atoms with Crippen LogP contribution in [-0.4, -0.2) is 0 Å². The molecule has 0 saturated carbocycles. The van der Waals surface area contributed by atoms with Gasteiger partial charge in [-0.2, -0.15) is 0 Å². The zero-order valence-electron chi connectivity index (χ0n) is 53.0. The van der Waals surface area contributed by atoms with E-state index in [1.807, 2.05) is 0 Å². The quantitative estimate of drug-likeness (QED) is 0.0752. The molecule has 16 aromatic carbocycles. The van der Waals surface area contributed by atoms with Crippen LogP contribution in [0.3, 0.4) is 0 Å². The van der Waals surface area contributed by atoms with Crippen LogP contribution in [0.4, 0.5) is 0 Å². The van der Waals surface area contributed by atoms with Crippen LogP contribution < -0.4 is 63.7 Å². The second kappa shape index (κ2) is 34.6. The van der Waals surface area contributed by atoms with E-state index in [-0.39, 0.29) is 30.3 Å². The van der Waals surface area contributed by atoms with E-state index in [0.29, 0.717) is 0 Å². The van der Waals surface area contributed by atoms with E-state index in [1.54, 1.807) is 0 Å². The Kier molecular flexibility index (Phi) is 24.5. The Morgan fingerprint density at radius 1 is 0.153 bits per heavy atom. The van der Waals surface area contributed by atoms with E-state index in [4.69, 9.17) is 38.8 Å². The maximum Gasteiger partial charge on any atom is -0.000884 e. The summed E-state index contributed by atoms with van der Waals surface area (Å²) in [6.45, 7) is 0. The summed E-state index contributed by atoms with van der Waals surface area (Å²) in [6.07, 6.45) is 0. The van der Waals surface area contributed by atoms with Gasteiger partial charge in [0.2, 0.25) is 0 Å². The minimum Gasteiger partial charge on any atom is -0.0622 e. The van der Waals surface area contributed by atoms with Gasteiger partial charge in [0.05, 0.1) is 0 Å². The van der Waals surface area contributed by atoms with E-state index in [0.717, 1.165) is 0 Å². The monoisotopic (exact) mass is 1590 g/mol. The fourth-order valence-electron chi connectivity index (χ4n) is 13.2. The van der Waals surface area contributed by atoms with Gasteiger partial charge in [-0.05, 0) is 161 Å². The van der Waals surface area contributed by atoms with Crippen LogP contribution in [0.15, 0.2) is 388 Å². The van der Waals surface area contributed by atoms with Crippen molar-refractivity contribution in [1.29, 1.82) is 0 Å². The third-order valence-electron chi connectivity index (χ3n) is 17.2. The summed E-state index contributed by atoms with van der Waals surface area (Å²) in [5, 5.41) is 26.7. The second-order valence-electron chi connectivity index (χ2n) is 22.9. The maximum absolute atomic E-state index is 4.85. The fraction of sp³-hybridized carbons (Fsp3) is 0. The maximum atomic E-state index is 4.85.